The number of thiophene rings is 1. The summed E-state index contributed by atoms with van der Waals surface area (Å²) in [4.78, 5) is 4.88. The van der Waals surface area contributed by atoms with Gasteiger partial charge in [0, 0.05) is 5.75 Å². The van der Waals surface area contributed by atoms with Crippen LogP contribution in [0.15, 0.2) is 16.4 Å². The van der Waals surface area contributed by atoms with Crippen molar-refractivity contribution in [2.45, 2.75) is 31.1 Å². The Kier molecular flexibility index (Phi) is 2.86. The van der Waals surface area contributed by atoms with Crippen LogP contribution in [0.4, 0.5) is 4.39 Å². The van der Waals surface area contributed by atoms with E-state index in [1.54, 1.807) is 26.2 Å². The molecule has 0 amide bonds. The third kappa shape index (κ3) is 1.78. The maximum Gasteiger partial charge on any atom is 0.139 e. The third-order valence-corrected chi connectivity index (χ3v) is 7.77. The molecule has 1 aliphatic heterocycles. The van der Waals surface area contributed by atoms with E-state index in [2.05, 4.69) is 10.9 Å². The minimum atomic E-state index is -2.48. The van der Waals surface area contributed by atoms with E-state index in [-0.39, 0.29) is 17.4 Å². The number of hydrogen-bond acceptors (Lipinski definition) is 4. The first-order chi connectivity index (χ1) is 8.10. The van der Waals surface area contributed by atoms with Crippen LogP contribution in [0, 0.1) is 5.82 Å². The van der Waals surface area contributed by atoms with Gasteiger partial charge in [-0.05, 0) is 47.6 Å². The lowest BCUT2D eigenvalue weighted by atomic mass is 10.0. The van der Waals surface area contributed by atoms with Gasteiger partial charge in [-0.25, -0.2) is 4.39 Å². The van der Waals surface area contributed by atoms with E-state index < -0.39 is 19.8 Å². The summed E-state index contributed by atoms with van der Waals surface area (Å²) in [5, 5.41) is 1.66. The molecule has 0 spiro atoms. The van der Waals surface area contributed by atoms with Gasteiger partial charge in [0.25, 0.3) is 0 Å². The van der Waals surface area contributed by atoms with Crippen LogP contribution in [-0.4, -0.2) is 26.4 Å². The number of nitrogens with two attached hydrogens (primary N) is 1. The summed E-state index contributed by atoms with van der Waals surface area (Å²) in [5.41, 5.74) is 5.05. The van der Waals surface area contributed by atoms with Crippen molar-refractivity contribution < 1.29 is 8.60 Å². The lowest BCUT2D eigenvalue weighted by Gasteiger charge is -2.40. The molecule has 1 aromatic heterocycles. The van der Waals surface area contributed by atoms with Crippen LogP contribution < -0.4 is 5.73 Å². The van der Waals surface area contributed by atoms with Crippen molar-refractivity contribution in [2.24, 2.45) is 10.7 Å². The molecule has 6 heteroatoms. The van der Waals surface area contributed by atoms with Crippen molar-refractivity contribution in [2.75, 3.05) is 5.75 Å². The van der Waals surface area contributed by atoms with Crippen molar-refractivity contribution in [1.29, 1.82) is 0 Å². The fourth-order valence-corrected chi connectivity index (χ4v) is 4.92. The van der Waals surface area contributed by atoms with Gasteiger partial charge in [-0.3, -0.25) is 9.20 Å². The highest BCUT2D eigenvalue weighted by Crippen LogP contribution is 2.39. The molecule has 18 heavy (non-hydrogen) atoms. The smallest absolute Gasteiger partial charge is 0.139 e. The standard InChI is InChI=1S/C12H17FN2OS2/c1-11(2)10(14)15-12(3,7-18(11,4)16)9-8(13)5-6-17-9/h5-6H,4,7H2,1-3H3,(H2,14,15)/t12-,18?/m0/s1. The van der Waals surface area contributed by atoms with Gasteiger partial charge in [0.05, 0.1) is 9.62 Å². The first kappa shape index (κ1) is 13.5. The summed E-state index contributed by atoms with van der Waals surface area (Å²) < 4.78 is 25.7. The molecule has 1 aromatic rings. The fraction of sp³-hybridized carbons (Fsp3) is 0.500. The second-order valence-electron chi connectivity index (χ2n) is 5.34. The lowest BCUT2D eigenvalue weighted by molar-refractivity contribution is 0.506. The quantitative estimate of drug-likeness (QED) is 0.803. The lowest BCUT2D eigenvalue weighted by Crippen LogP contribution is -2.54. The Labute approximate surface area is 111 Å². The SMILES string of the molecule is C=S1(=O)C[C@@](C)(c2sccc2F)N=C(N)C1(C)C. The third-order valence-electron chi connectivity index (χ3n) is 3.53. The van der Waals surface area contributed by atoms with Crippen molar-refractivity contribution in [3.05, 3.63) is 22.1 Å². The van der Waals surface area contributed by atoms with Gasteiger partial charge in [-0.15, -0.1) is 11.3 Å². The second kappa shape index (κ2) is 3.81. The molecule has 2 rings (SSSR count). The first-order valence-corrected chi connectivity index (χ1v) is 8.31. The first-order valence-electron chi connectivity index (χ1n) is 5.54. The van der Waals surface area contributed by atoms with Gasteiger partial charge < -0.3 is 5.73 Å². The van der Waals surface area contributed by atoms with E-state index in [1.165, 1.54) is 17.4 Å². The zero-order valence-corrected chi connectivity index (χ0v) is 12.3. The van der Waals surface area contributed by atoms with Crippen LogP contribution in [0.2, 0.25) is 0 Å². The Balaban J connectivity index is 2.64. The summed E-state index contributed by atoms with van der Waals surface area (Å²) in [7, 11) is -2.48. The van der Waals surface area contributed by atoms with E-state index in [0.29, 0.717) is 4.88 Å². The monoisotopic (exact) mass is 288 g/mol. The van der Waals surface area contributed by atoms with Crippen LogP contribution >= 0.6 is 11.3 Å². The molecule has 2 atom stereocenters. The normalized spacial score (nSPS) is 35.2. The Hall–Kier alpha value is -0.880. The van der Waals surface area contributed by atoms with E-state index >= 15 is 0 Å². The molecule has 0 aliphatic carbocycles. The van der Waals surface area contributed by atoms with Gasteiger partial charge in [-0.2, -0.15) is 0 Å². The zero-order valence-electron chi connectivity index (χ0n) is 10.7. The summed E-state index contributed by atoms with van der Waals surface area (Å²) >= 11 is 1.27. The van der Waals surface area contributed by atoms with Crippen LogP contribution in [0.25, 0.3) is 0 Å². The molecule has 3 nitrogen and oxygen atoms in total. The van der Waals surface area contributed by atoms with Gasteiger partial charge >= 0.3 is 0 Å². The van der Waals surface area contributed by atoms with Crippen molar-refractivity contribution in [1.82, 2.24) is 0 Å². The fourth-order valence-electron chi connectivity index (χ4n) is 2.05. The van der Waals surface area contributed by atoms with Gasteiger partial charge in [-0.1, -0.05) is 0 Å². The number of aliphatic imine (C=N–C) groups is 1. The highest BCUT2D eigenvalue weighted by Gasteiger charge is 2.46. The molecular weight excluding hydrogens is 271 g/mol. The Bertz CT molecular complexity index is 616. The summed E-state index contributed by atoms with van der Waals surface area (Å²) in [6.07, 6.45) is 0. The number of halogens is 1. The van der Waals surface area contributed by atoms with Gasteiger partial charge in [0.1, 0.15) is 17.2 Å². The Morgan fingerprint density at radius 3 is 2.61 bits per heavy atom. The second-order valence-corrected chi connectivity index (χ2v) is 9.18. The molecular formula is C12H17FN2OS2. The average Bonchev–Trinajstić information content (AvgIpc) is 2.61. The molecule has 0 fully saturated rings. The molecule has 0 saturated heterocycles. The van der Waals surface area contributed by atoms with Crippen molar-refractivity contribution in [3.8, 4) is 0 Å². The Morgan fingerprint density at radius 1 is 1.56 bits per heavy atom. The van der Waals surface area contributed by atoms with Crippen LogP contribution in [0.3, 0.4) is 0 Å². The number of hydrogen-bond donors (Lipinski definition) is 1. The molecule has 2 N–H and O–H groups in total. The Morgan fingerprint density at radius 2 is 2.17 bits per heavy atom. The van der Waals surface area contributed by atoms with E-state index in [0.717, 1.165) is 0 Å². The zero-order chi connectivity index (χ0) is 13.8. The average molecular weight is 288 g/mol. The number of rotatable bonds is 1. The number of amidine groups is 1. The molecule has 100 valence electrons. The molecule has 2 heterocycles. The summed E-state index contributed by atoms with van der Waals surface area (Å²) in [5.74, 6) is 3.99. The van der Waals surface area contributed by atoms with E-state index in [4.69, 9.17) is 5.73 Å². The topological polar surface area (TPSA) is 55.5 Å². The van der Waals surface area contributed by atoms with Crippen LogP contribution in [0.1, 0.15) is 25.6 Å². The van der Waals surface area contributed by atoms with Crippen molar-refractivity contribution in [3.63, 3.8) is 0 Å². The van der Waals surface area contributed by atoms with Crippen LogP contribution in [0.5, 0.6) is 0 Å². The highest BCUT2D eigenvalue weighted by atomic mass is 32.2. The summed E-state index contributed by atoms with van der Waals surface area (Å²) in [6, 6.07) is 1.39. The summed E-state index contributed by atoms with van der Waals surface area (Å²) in [6.45, 7) is 5.30. The molecule has 1 unspecified atom stereocenters. The van der Waals surface area contributed by atoms with Gasteiger partial charge in [0.15, 0.2) is 0 Å². The molecule has 0 aromatic carbocycles. The maximum atomic E-state index is 13.7. The van der Waals surface area contributed by atoms with E-state index in [1.807, 2.05) is 0 Å². The van der Waals surface area contributed by atoms with Crippen LogP contribution in [-0.2, 0) is 15.1 Å². The predicted octanol–water partition coefficient (Wildman–Crippen LogP) is 1.97. The number of nitrogens with zero attached hydrogens (tertiary/aromatic N) is 1. The van der Waals surface area contributed by atoms with Gasteiger partial charge in [0.2, 0.25) is 0 Å². The van der Waals surface area contributed by atoms with E-state index in [9.17, 15) is 8.60 Å². The molecule has 0 bridgehead atoms. The predicted molar refractivity (Wildman–Crippen MR) is 77.5 cm³/mol. The molecule has 1 aliphatic rings. The minimum Gasteiger partial charge on any atom is -0.386 e. The largest absolute Gasteiger partial charge is 0.386 e. The van der Waals surface area contributed by atoms with Crippen molar-refractivity contribution >= 4 is 32.6 Å². The maximum absolute atomic E-state index is 13.7. The molecule has 0 radical (unpaired) electrons. The highest BCUT2D eigenvalue weighted by molar-refractivity contribution is 8.02. The minimum absolute atomic E-state index is 0.213. The molecule has 0 saturated carbocycles.